The molecule has 1 amide bonds. The van der Waals surface area contributed by atoms with Gasteiger partial charge in [0.25, 0.3) is 0 Å². The SMILES string of the molecule is CCCCCCCCCC/C=C\CCCCCCCCCCCCCCCCCCCCCCCCCCCC(=O)NC(COC1OC(CO)C(OC2OC(CO)C(OC3OC(CO)C(O)C(O)C3O)C(O)C2O)C(O)C1O)C(O)/C=C/CCCCCCCCCCCCCCCCCCCCCC. The highest BCUT2D eigenvalue weighted by atomic mass is 16.8. The highest BCUT2D eigenvalue weighted by Crippen LogP contribution is 2.34. The average Bonchev–Trinajstić information content (AvgIpc) is 0.783. The van der Waals surface area contributed by atoms with Crippen LogP contribution in [0.15, 0.2) is 24.3 Å². The van der Waals surface area contributed by atoms with Crippen LogP contribution in [0.1, 0.15) is 380 Å². The summed E-state index contributed by atoms with van der Waals surface area (Å²) in [6.45, 7) is 1.80. The molecule has 3 heterocycles. The van der Waals surface area contributed by atoms with E-state index >= 15 is 0 Å². The van der Waals surface area contributed by atoms with Gasteiger partial charge in [0.15, 0.2) is 18.9 Å². The molecule has 3 saturated heterocycles. The molecular weight excluding hydrogens is 1320 g/mol. The molecule has 0 spiro atoms. The van der Waals surface area contributed by atoms with E-state index in [-0.39, 0.29) is 18.9 Å². The van der Waals surface area contributed by atoms with E-state index in [2.05, 4.69) is 31.3 Å². The van der Waals surface area contributed by atoms with Crippen LogP contribution in [0.3, 0.4) is 0 Å². The highest BCUT2D eigenvalue weighted by Gasteiger charge is 2.54. The Labute approximate surface area is 632 Å². The molecule has 19 nitrogen and oxygen atoms in total. The zero-order valence-electron chi connectivity index (χ0n) is 66.0. The minimum atomic E-state index is -1.98. The standard InChI is InChI=1S/C85H161NO18/c1-3-5-7-9-11-13-15-17-19-21-23-25-27-28-29-30-31-32-33-34-35-36-37-38-39-40-41-43-45-47-49-51-53-55-57-59-61-63-73(91)86-68(69(90)62-60-58-56-54-52-50-48-46-44-42-26-24-22-20-18-16-14-12-10-8-6-4-2)67-99-83-79(97)76(94)81(71(65-88)101-83)104-85-80(98)77(95)82(72(66-89)102-85)103-84-78(96)75(93)74(92)70(64-87)100-84/h21,23,60,62,68-72,74-85,87-90,92-98H,3-20,22,24-59,61,63-67H2,1-2H3,(H,86,91)/b23-21-,62-60+. The molecule has 17 unspecified atom stereocenters. The number of ether oxygens (including phenoxy) is 6. The summed E-state index contributed by atoms with van der Waals surface area (Å²) in [5.74, 6) is -0.266. The second kappa shape index (κ2) is 65.9. The van der Waals surface area contributed by atoms with E-state index in [1.54, 1.807) is 6.08 Å². The van der Waals surface area contributed by atoms with Crippen molar-refractivity contribution in [3.05, 3.63) is 24.3 Å². The summed E-state index contributed by atoms with van der Waals surface area (Å²) in [6.07, 6.45) is 54.8. The Hall–Kier alpha value is -1.73. The number of aliphatic hydroxyl groups excluding tert-OH is 11. The van der Waals surface area contributed by atoms with Gasteiger partial charge in [-0.05, 0) is 44.9 Å². The molecule has 0 radical (unpaired) electrons. The number of carbonyl (C=O) groups excluding carboxylic acids is 1. The maximum Gasteiger partial charge on any atom is 0.220 e. The van der Waals surface area contributed by atoms with Gasteiger partial charge in [-0.1, -0.05) is 353 Å². The van der Waals surface area contributed by atoms with Crippen molar-refractivity contribution >= 4 is 5.91 Å². The Bertz CT molecular complexity index is 1970. The summed E-state index contributed by atoms with van der Waals surface area (Å²) in [4.78, 5) is 13.5. The van der Waals surface area contributed by atoms with Crippen molar-refractivity contribution in [2.24, 2.45) is 0 Å². The van der Waals surface area contributed by atoms with Crippen molar-refractivity contribution in [3.63, 3.8) is 0 Å². The molecule has 0 aromatic rings. The highest BCUT2D eigenvalue weighted by molar-refractivity contribution is 5.76. The maximum absolute atomic E-state index is 13.5. The van der Waals surface area contributed by atoms with Crippen LogP contribution in [-0.4, -0.2) is 193 Å². The number of hydrogen-bond acceptors (Lipinski definition) is 18. The summed E-state index contributed by atoms with van der Waals surface area (Å²) in [6, 6.07) is -0.972. The normalized spacial score (nSPS) is 26.0. The zero-order valence-corrected chi connectivity index (χ0v) is 66.0. The van der Waals surface area contributed by atoms with Crippen molar-refractivity contribution in [1.82, 2.24) is 5.32 Å². The Balaban J connectivity index is 1.31. The average molecular weight is 1490 g/mol. The topological polar surface area (TPSA) is 307 Å². The largest absolute Gasteiger partial charge is 0.394 e. The summed E-state index contributed by atoms with van der Waals surface area (Å²) in [7, 11) is 0. The van der Waals surface area contributed by atoms with E-state index in [9.17, 15) is 61.0 Å². The first kappa shape index (κ1) is 96.5. The van der Waals surface area contributed by atoms with Crippen LogP contribution in [0, 0.1) is 0 Å². The first-order valence-corrected chi connectivity index (χ1v) is 43.6. The number of nitrogens with one attached hydrogen (secondary N) is 1. The molecule has 0 saturated carbocycles. The molecule has 12 N–H and O–H groups in total. The van der Waals surface area contributed by atoms with Crippen LogP contribution in [0.2, 0.25) is 0 Å². The summed E-state index contributed by atoms with van der Waals surface area (Å²) >= 11 is 0. The van der Waals surface area contributed by atoms with Crippen LogP contribution in [-0.2, 0) is 33.2 Å². The van der Waals surface area contributed by atoms with Crippen molar-refractivity contribution in [3.8, 4) is 0 Å². The van der Waals surface area contributed by atoms with Crippen molar-refractivity contribution in [1.29, 1.82) is 0 Å². The first-order valence-electron chi connectivity index (χ1n) is 43.6. The number of unbranched alkanes of at least 4 members (excludes halogenated alkanes) is 53. The third-order valence-electron chi connectivity index (χ3n) is 22.0. The Kier molecular flexibility index (Phi) is 61.2. The fraction of sp³-hybridized carbons (Fsp3) is 0.941. The lowest BCUT2D eigenvalue weighted by Crippen LogP contribution is -2.66. The van der Waals surface area contributed by atoms with Crippen LogP contribution in [0.5, 0.6) is 0 Å². The fourth-order valence-electron chi connectivity index (χ4n) is 15.0. The predicted octanol–water partition coefficient (Wildman–Crippen LogP) is 15.7. The van der Waals surface area contributed by atoms with Gasteiger partial charge in [-0.2, -0.15) is 0 Å². The van der Waals surface area contributed by atoms with E-state index in [1.807, 2.05) is 6.08 Å². The smallest absolute Gasteiger partial charge is 0.220 e. The van der Waals surface area contributed by atoms with Crippen LogP contribution >= 0.6 is 0 Å². The number of amides is 1. The molecule has 3 fully saturated rings. The van der Waals surface area contributed by atoms with E-state index in [0.717, 1.165) is 44.9 Å². The lowest BCUT2D eigenvalue weighted by atomic mass is 9.96. The van der Waals surface area contributed by atoms with E-state index < -0.39 is 124 Å². The van der Waals surface area contributed by atoms with Crippen molar-refractivity contribution < 1.29 is 89.4 Å². The quantitative estimate of drug-likeness (QED) is 0.0199. The van der Waals surface area contributed by atoms with E-state index in [4.69, 9.17) is 28.4 Å². The number of allylic oxidation sites excluding steroid dienone is 3. The number of aliphatic hydroxyl groups is 11. The molecule has 614 valence electrons. The lowest BCUT2D eigenvalue weighted by molar-refractivity contribution is -0.379. The molecule has 0 bridgehead atoms. The molecule has 3 rings (SSSR count). The fourth-order valence-corrected chi connectivity index (χ4v) is 15.0. The number of hydrogen-bond donors (Lipinski definition) is 12. The molecule has 0 aliphatic carbocycles. The summed E-state index contributed by atoms with van der Waals surface area (Å²) < 4.78 is 34.5. The van der Waals surface area contributed by atoms with E-state index in [1.165, 1.54) is 308 Å². The minimum Gasteiger partial charge on any atom is -0.394 e. The molecule has 3 aliphatic rings. The predicted molar refractivity (Wildman–Crippen MR) is 416 cm³/mol. The zero-order chi connectivity index (χ0) is 75.3. The van der Waals surface area contributed by atoms with Gasteiger partial charge < -0.3 is 89.9 Å². The molecule has 19 heteroatoms. The van der Waals surface area contributed by atoms with Gasteiger partial charge in [0.2, 0.25) is 5.91 Å². The van der Waals surface area contributed by atoms with Gasteiger partial charge in [-0.25, -0.2) is 0 Å². The molecule has 104 heavy (non-hydrogen) atoms. The molecule has 0 aromatic carbocycles. The lowest BCUT2D eigenvalue weighted by Gasteiger charge is -2.48. The second-order valence-electron chi connectivity index (χ2n) is 31.4. The van der Waals surface area contributed by atoms with Crippen molar-refractivity contribution in [2.75, 3.05) is 26.4 Å². The molecular formula is C85H161NO18. The van der Waals surface area contributed by atoms with Crippen LogP contribution in [0.25, 0.3) is 0 Å². The van der Waals surface area contributed by atoms with Gasteiger partial charge in [0.1, 0.15) is 73.2 Å². The van der Waals surface area contributed by atoms with Gasteiger partial charge in [-0.15, -0.1) is 0 Å². The van der Waals surface area contributed by atoms with Crippen LogP contribution in [0.4, 0.5) is 0 Å². The first-order chi connectivity index (χ1) is 50.8. The molecule has 0 aromatic heterocycles. The molecule has 17 atom stereocenters. The third kappa shape index (κ3) is 44.9. The second-order valence-corrected chi connectivity index (χ2v) is 31.4. The van der Waals surface area contributed by atoms with Gasteiger partial charge in [0.05, 0.1) is 38.6 Å². The Morgan fingerprint density at radius 2 is 0.606 bits per heavy atom. The van der Waals surface area contributed by atoms with Gasteiger partial charge in [-0.3, -0.25) is 4.79 Å². The number of rotatable bonds is 71. The number of carbonyl (C=O) groups is 1. The summed E-state index contributed by atoms with van der Waals surface area (Å²) in [5, 5.41) is 121. The Morgan fingerprint density at radius 1 is 0.337 bits per heavy atom. The van der Waals surface area contributed by atoms with Crippen LogP contribution < -0.4 is 5.32 Å². The van der Waals surface area contributed by atoms with Crippen molar-refractivity contribution in [2.45, 2.75) is 484 Å². The van der Waals surface area contributed by atoms with Gasteiger partial charge in [0, 0.05) is 6.42 Å². The third-order valence-corrected chi connectivity index (χ3v) is 22.0. The molecule has 3 aliphatic heterocycles. The van der Waals surface area contributed by atoms with Gasteiger partial charge >= 0.3 is 0 Å². The Morgan fingerprint density at radius 3 is 0.933 bits per heavy atom. The maximum atomic E-state index is 13.5. The minimum absolute atomic E-state index is 0.249. The monoisotopic (exact) mass is 1480 g/mol. The summed E-state index contributed by atoms with van der Waals surface area (Å²) in [5.41, 5.74) is 0. The van der Waals surface area contributed by atoms with E-state index in [0.29, 0.717) is 6.42 Å².